The number of carbonyl (C=O) groups is 3. The molecular formula is C19H21F3N4O3. The Morgan fingerprint density at radius 2 is 1.93 bits per heavy atom. The normalized spacial score (nSPS) is 28.1. The first kappa shape index (κ1) is 19.8. The number of rotatable bonds is 3. The van der Waals surface area contributed by atoms with E-state index >= 15 is 0 Å². The molecule has 4 rings (SSSR count). The summed E-state index contributed by atoms with van der Waals surface area (Å²) >= 11 is 0. The van der Waals surface area contributed by atoms with E-state index in [1.165, 1.54) is 4.90 Å². The smallest absolute Gasteiger partial charge is 0.326 e. The summed E-state index contributed by atoms with van der Waals surface area (Å²) in [5.41, 5.74) is 7.61. The second-order valence-electron chi connectivity index (χ2n) is 7.85. The fraction of sp³-hybridized carbons (Fsp3) is 0.526. The number of nitrogens with two attached hydrogens (primary N) is 1. The van der Waals surface area contributed by atoms with Crippen LogP contribution in [-0.2, 0) is 22.7 Å². The molecule has 2 fully saturated rings. The van der Waals surface area contributed by atoms with Crippen LogP contribution in [0.3, 0.4) is 0 Å². The van der Waals surface area contributed by atoms with Gasteiger partial charge in [0.05, 0.1) is 5.92 Å². The summed E-state index contributed by atoms with van der Waals surface area (Å²) in [6, 6.07) is 3.43. The van der Waals surface area contributed by atoms with Crippen LogP contribution in [-0.4, -0.2) is 58.9 Å². The number of halogens is 3. The molecule has 156 valence electrons. The van der Waals surface area contributed by atoms with Gasteiger partial charge >= 0.3 is 6.18 Å². The monoisotopic (exact) mass is 410 g/mol. The van der Waals surface area contributed by atoms with Gasteiger partial charge in [-0.2, -0.15) is 13.2 Å². The highest BCUT2D eigenvalue weighted by molar-refractivity contribution is 6.05. The third-order valence-electron chi connectivity index (χ3n) is 5.93. The molecular weight excluding hydrogens is 389 g/mol. The molecule has 10 heteroatoms. The van der Waals surface area contributed by atoms with Crippen LogP contribution in [0.5, 0.6) is 0 Å². The van der Waals surface area contributed by atoms with Crippen LogP contribution in [0.2, 0.25) is 0 Å². The number of carbonyl (C=O) groups excluding carboxylic acids is 3. The van der Waals surface area contributed by atoms with Gasteiger partial charge in [-0.3, -0.25) is 24.6 Å². The van der Waals surface area contributed by atoms with E-state index in [4.69, 9.17) is 5.73 Å². The van der Waals surface area contributed by atoms with Crippen molar-refractivity contribution in [2.24, 2.45) is 11.7 Å². The molecule has 3 aliphatic rings. The van der Waals surface area contributed by atoms with Crippen molar-refractivity contribution in [1.82, 2.24) is 15.1 Å². The Kier molecular flexibility index (Phi) is 4.86. The van der Waals surface area contributed by atoms with Crippen LogP contribution in [0.15, 0.2) is 18.2 Å². The Balaban J connectivity index is 1.52. The molecule has 0 bridgehead atoms. The number of nitrogens with zero attached hydrogens (tertiary/aromatic N) is 2. The Labute approximate surface area is 165 Å². The van der Waals surface area contributed by atoms with Crippen molar-refractivity contribution in [3.63, 3.8) is 0 Å². The van der Waals surface area contributed by atoms with Crippen molar-refractivity contribution in [2.75, 3.05) is 13.1 Å². The number of hydrogen-bond donors (Lipinski definition) is 2. The van der Waals surface area contributed by atoms with Crippen LogP contribution in [0.25, 0.3) is 0 Å². The molecule has 0 aliphatic carbocycles. The number of amides is 3. The number of benzene rings is 1. The zero-order valence-electron chi connectivity index (χ0n) is 15.5. The minimum absolute atomic E-state index is 0.124. The minimum Gasteiger partial charge on any atom is -0.326 e. The third kappa shape index (κ3) is 3.62. The second-order valence-corrected chi connectivity index (χ2v) is 7.85. The van der Waals surface area contributed by atoms with Crippen molar-refractivity contribution in [3.05, 3.63) is 34.9 Å². The molecule has 7 nitrogen and oxygen atoms in total. The minimum atomic E-state index is -4.34. The molecule has 3 unspecified atom stereocenters. The van der Waals surface area contributed by atoms with Crippen LogP contribution in [0.4, 0.5) is 13.2 Å². The predicted octanol–water partition coefficient (Wildman–Crippen LogP) is 0.769. The van der Waals surface area contributed by atoms with E-state index in [1.807, 2.05) is 0 Å². The maximum atomic E-state index is 13.1. The second kappa shape index (κ2) is 7.10. The molecule has 2 saturated heterocycles. The lowest BCUT2D eigenvalue weighted by atomic mass is 10.0. The van der Waals surface area contributed by atoms with Crippen LogP contribution < -0.4 is 11.1 Å². The molecule has 0 radical (unpaired) electrons. The first-order valence-electron chi connectivity index (χ1n) is 9.45. The van der Waals surface area contributed by atoms with Gasteiger partial charge in [-0.1, -0.05) is 12.1 Å². The van der Waals surface area contributed by atoms with Gasteiger partial charge in [-0.05, 0) is 23.6 Å². The number of alkyl halides is 3. The first-order chi connectivity index (χ1) is 13.6. The van der Waals surface area contributed by atoms with E-state index < -0.39 is 30.1 Å². The molecule has 0 spiro atoms. The maximum Gasteiger partial charge on any atom is 0.394 e. The highest BCUT2D eigenvalue weighted by Crippen LogP contribution is 2.35. The Hall–Kier alpha value is -2.46. The Bertz CT molecular complexity index is 873. The molecule has 1 aromatic rings. The number of imide groups is 1. The molecule has 3 amide bonds. The van der Waals surface area contributed by atoms with Gasteiger partial charge in [-0.15, -0.1) is 0 Å². The molecule has 1 aromatic carbocycles. The SMILES string of the molecule is NC1CN(Cc2cccc3c2CN(C2CCC(=O)NC2=O)C3=O)CC1C(F)(F)F. The molecule has 0 aromatic heterocycles. The predicted molar refractivity (Wildman–Crippen MR) is 95.3 cm³/mol. The average molecular weight is 410 g/mol. The van der Waals surface area contributed by atoms with Gasteiger partial charge in [0.2, 0.25) is 11.8 Å². The van der Waals surface area contributed by atoms with Crippen LogP contribution in [0.1, 0.15) is 34.3 Å². The molecule has 3 atom stereocenters. The van der Waals surface area contributed by atoms with Gasteiger partial charge in [0.25, 0.3) is 5.91 Å². The van der Waals surface area contributed by atoms with E-state index in [1.54, 1.807) is 23.1 Å². The zero-order chi connectivity index (χ0) is 20.9. The average Bonchev–Trinajstić information content (AvgIpc) is 3.16. The van der Waals surface area contributed by atoms with Gasteiger partial charge in [-0.25, -0.2) is 0 Å². The largest absolute Gasteiger partial charge is 0.394 e. The zero-order valence-corrected chi connectivity index (χ0v) is 15.5. The van der Waals surface area contributed by atoms with E-state index in [9.17, 15) is 27.6 Å². The van der Waals surface area contributed by atoms with Gasteiger partial charge in [0.1, 0.15) is 6.04 Å². The number of fused-ring (bicyclic) bond motifs is 1. The maximum absolute atomic E-state index is 13.1. The summed E-state index contributed by atoms with van der Waals surface area (Å²) in [7, 11) is 0. The molecule has 0 saturated carbocycles. The van der Waals surface area contributed by atoms with Crippen molar-refractivity contribution >= 4 is 17.7 Å². The van der Waals surface area contributed by atoms with Crippen molar-refractivity contribution in [2.45, 2.75) is 44.2 Å². The lowest BCUT2D eigenvalue weighted by Gasteiger charge is -2.29. The highest BCUT2D eigenvalue weighted by atomic mass is 19.4. The fourth-order valence-corrected chi connectivity index (χ4v) is 4.43. The fourth-order valence-electron chi connectivity index (χ4n) is 4.43. The third-order valence-corrected chi connectivity index (χ3v) is 5.93. The van der Waals surface area contributed by atoms with Crippen molar-refractivity contribution in [1.29, 1.82) is 0 Å². The number of hydrogen-bond acceptors (Lipinski definition) is 5. The number of piperidine rings is 1. The molecule has 3 N–H and O–H groups in total. The number of likely N-dealkylation sites (tertiary alicyclic amines) is 1. The lowest BCUT2D eigenvalue weighted by Crippen LogP contribution is -2.52. The summed E-state index contributed by atoms with van der Waals surface area (Å²) in [5.74, 6) is -2.73. The van der Waals surface area contributed by atoms with Gasteiger partial charge in [0.15, 0.2) is 0 Å². The molecule has 3 heterocycles. The Morgan fingerprint density at radius 1 is 1.17 bits per heavy atom. The summed E-state index contributed by atoms with van der Waals surface area (Å²) in [4.78, 5) is 39.4. The van der Waals surface area contributed by atoms with E-state index in [-0.39, 0.29) is 50.8 Å². The van der Waals surface area contributed by atoms with E-state index in [0.717, 1.165) is 5.56 Å². The first-order valence-corrected chi connectivity index (χ1v) is 9.45. The van der Waals surface area contributed by atoms with Crippen molar-refractivity contribution < 1.29 is 27.6 Å². The summed E-state index contributed by atoms with van der Waals surface area (Å²) in [6.07, 6.45) is -3.92. The van der Waals surface area contributed by atoms with Gasteiger partial charge < -0.3 is 10.6 Å². The Morgan fingerprint density at radius 3 is 2.59 bits per heavy atom. The van der Waals surface area contributed by atoms with Crippen molar-refractivity contribution in [3.8, 4) is 0 Å². The highest BCUT2D eigenvalue weighted by Gasteiger charge is 2.48. The van der Waals surface area contributed by atoms with E-state index in [2.05, 4.69) is 5.32 Å². The summed E-state index contributed by atoms with van der Waals surface area (Å²) < 4.78 is 39.3. The van der Waals surface area contributed by atoms with Gasteiger partial charge in [0, 0.05) is 44.2 Å². The quantitative estimate of drug-likeness (QED) is 0.718. The lowest BCUT2D eigenvalue weighted by molar-refractivity contribution is -0.173. The van der Waals surface area contributed by atoms with Crippen LogP contribution in [0, 0.1) is 5.92 Å². The molecule has 29 heavy (non-hydrogen) atoms. The topological polar surface area (TPSA) is 95.7 Å². The molecule has 3 aliphatic heterocycles. The summed E-state index contributed by atoms with van der Waals surface area (Å²) in [6.45, 7) is 0.386. The van der Waals surface area contributed by atoms with Crippen LogP contribution >= 0.6 is 0 Å². The van der Waals surface area contributed by atoms with E-state index in [0.29, 0.717) is 11.1 Å². The number of nitrogens with one attached hydrogen (secondary N) is 1. The summed E-state index contributed by atoms with van der Waals surface area (Å²) in [5, 5.41) is 2.25. The standard InChI is InChI=1S/C19H21F3N4O3/c20-19(21,22)13-8-25(9-14(13)23)6-10-2-1-3-11-12(10)7-26(18(11)29)15-4-5-16(27)24-17(15)28/h1-3,13-15H,4-9,23H2,(H,24,27,28).